The van der Waals surface area contributed by atoms with Crippen LogP contribution in [-0.2, 0) is 19.6 Å². The van der Waals surface area contributed by atoms with Crippen molar-refractivity contribution in [1.82, 2.24) is 0 Å². The Morgan fingerprint density at radius 1 is 1.03 bits per heavy atom. The number of carbonyl (C=O) groups excluding carboxylic acids is 2. The average Bonchev–Trinajstić information content (AvgIpc) is 3.10. The second kappa shape index (κ2) is 8.10. The lowest BCUT2D eigenvalue weighted by Crippen LogP contribution is -2.14. The van der Waals surface area contributed by atoms with Gasteiger partial charge in [0.1, 0.15) is 10.6 Å². The van der Waals surface area contributed by atoms with Crippen LogP contribution in [0.15, 0.2) is 47.4 Å². The fourth-order valence-electron chi connectivity index (χ4n) is 2.66. The second-order valence-corrected chi connectivity index (χ2v) is 8.77. The molecule has 0 atom stereocenters. The van der Waals surface area contributed by atoms with Crippen molar-refractivity contribution in [2.75, 3.05) is 24.3 Å². The van der Waals surface area contributed by atoms with Crippen LogP contribution in [0.1, 0.15) is 16.6 Å². The molecule has 0 bridgehead atoms. The normalized spacial score (nSPS) is 11.1. The minimum Gasteiger partial charge on any atom is -0.495 e. The minimum atomic E-state index is -3.92. The molecule has 10 heteroatoms. The Hall–Kier alpha value is -3.11. The molecule has 1 heterocycles. The molecule has 0 aliphatic carbocycles. The maximum atomic E-state index is 12.8. The molecule has 3 aromatic rings. The first-order chi connectivity index (χ1) is 13.7. The zero-order valence-corrected chi connectivity index (χ0v) is 17.4. The van der Waals surface area contributed by atoms with Gasteiger partial charge in [0, 0.05) is 17.3 Å². The van der Waals surface area contributed by atoms with Gasteiger partial charge in [0.05, 0.1) is 24.8 Å². The van der Waals surface area contributed by atoms with E-state index in [-0.39, 0.29) is 16.5 Å². The highest BCUT2D eigenvalue weighted by molar-refractivity contribution is 7.92. The Bertz CT molecular complexity index is 1200. The molecule has 3 rings (SSSR count). The van der Waals surface area contributed by atoms with Crippen molar-refractivity contribution in [3.63, 3.8) is 0 Å². The van der Waals surface area contributed by atoms with Crippen LogP contribution in [0.5, 0.6) is 5.75 Å². The highest BCUT2D eigenvalue weighted by Crippen LogP contribution is 2.31. The minimum absolute atomic E-state index is 0.0392. The van der Waals surface area contributed by atoms with Crippen molar-refractivity contribution in [3.05, 3.63) is 47.3 Å². The Morgan fingerprint density at radius 2 is 1.79 bits per heavy atom. The summed E-state index contributed by atoms with van der Waals surface area (Å²) in [5.41, 5.74) is 0.586. The maximum absolute atomic E-state index is 12.8. The fourth-order valence-corrected chi connectivity index (χ4v) is 4.70. The predicted molar refractivity (Wildman–Crippen MR) is 111 cm³/mol. The molecule has 0 aliphatic heterocycles. The molecule has 8 nitrogen and oxygen atoms in total. The molecule has 0 aliphatic rings. The van der Waals surface area contributed by atoms with Gasteiger partial charge in [-0.05, 0) is 47.9 Å². The molecule has 0 unspecified atom stereocenters. The van der Waals surface area contributed by atoms with Crippen molar-refractivity contribution in [2.45, 2.75) is 11.8 Å². The lowest BCUT2D eigenvalue weighted by atomic mass is 10.2. The number of ether oxygens (including phenoxy) is 2. The van der Waals surface area contributed by atoms with Gasteiger partial charge in [0.15, 0.2) is 0 Å². The van der Waals surface area contributed by atoms with Gasteiger partial charge in [-0.2, -0.15) is 0 Å². The van der Waals surface area contributed by atoms with E-state index in [4.69, 9.17) is 9.47 Å². The fraction of sp³-hybridized carbons (Fsp3) is 0.158. The van der Waals surface area contributed by atoms with Crippen molar-refractivity contribution >= 4 is 54.7 Å². The van der Waals surface area contributed by atoms with E-state index in [1.807, 2.05) is 0 Å². The number of methoxy groups -OCH3 is 2. The number of hydrogen-bond donors (Lipinski definition) is 2. The quantitative estimate of drug-likeness (QED) is 0.575. The molecule has 0 saturated heterocycles. The highest BCUT2D eigenvalue weighted by atomic mass is 32.2. The van der Waals surface area contributed by atoms with Crippen LogP contribution in [0.2, 0.25) is 0 Å². The molecule has 29 heavy (non-hydrogen) atoms. The SMILES string of the molecule is COC(=O)c1cc2cc(NS(=O)(=O)c3ccc(OC)c(NC(C)=O)c3)ccc2s1. The summed E-state index contributed by atoms with van der Waals surface area (Å²) in [6, 6.07) is 10.8. The number of rotatable bonds is 6. The van der Waals surface area contributed by atoms with E-state index in [1.54, 1.807) is 24.3 Å². The molecule has 2 aromatic carbocycles. The molecular weight excluding hydrogens is 416 g/mol. The zero-order chi connectivity index (χ0) is 21.2. The number of sulfonamides is 1. The van der Waals surface area contributed by atoms with Crippen LogP contribution in [0, 0.1) is 0 Å². The van der Waals surface area contributed by atoms with Gasteiger partial charge in [-0.15, -0.1) is 11.3 Å². The number of fused-ring (bicyclic) bond motifs is 1. The summed E-state index contributed by atoms with van der Waals surface area (Å²) in [5.74, 6) is -0.457. The Balaban J connectivity index is 1.92. The van der Waals surface area contributed by atoms with E-state index in [2.05, 4.69) is 10.0 Å². The number of nitrogens with one attached hydrogen (secondary N) is 2. The van der Waals surface area contributed by atoms with Crippen molar-refractivity contribution in [2.24, 2.45) is 0 Å². The molecule has 0 radical (unpaired) electrons. The molecule has 2 N–H and O–H groups in total. The summed E-state index contributed by atoms with van der Waals surface area (Å²) in [7, 11) is -1.20. The van der Waals surface area contributed by atoms with Gasteiger partial charge in [-0.1, -0.05) is 0 Å². The second-order valence-electron chi connectivity index (χ2n) is 6.00. The number of thiophene rings is 1. The third kappa shape index (κ3) is 4.49. The lowest BCUT2D eigenvalue weighted by Gasteiger charge is -2.13. The van der Waals surface area contributed by atoms with Gasteiger partial charge in [-0.3, -0.25) is 9.52 Å². The first-order valence-corrected chi connectivity index (χ1v) is 10.6. The summed E-state index contributed by atoms with van der Waals surface area (Å²) in [5, 5.41) is 3.26. The van der Waals surface area contributed by atoms with Crippen LogP contribution in [0.4, 0.5) is 11.4 Å². The van der Waals surface area contributed by atoms with Crippen molar-refractivity contribution in [1.29, 1.82) is 0 Å². The van der Waals surface area contributed by atoms with Gasteiger partial charge in [-0.25, -0.2) is 13.2 Å². The van der Waals surface area contributed by atoms with Crippen molar-refractivity contribution < 1.29 is 27.5 Å². The molecule has 1 amide bonds. The monoisotopic (exact) mass is 434 g/mol. The Morgan fingerprint density at radius 3 is 2.45 bits per heavy atom. The van der Waals surface area contributed by atoms with E-state index in [0.717, 1.165) is 4.70 Å². The molecule has 0 spiro atoms. The van der Waals surface area contributed by atoms with Crippen LogP contribution in [-0.4, -0.2) is 34.5 Å². The third-order valence-electron chi connectivity index (χ3n) is 3.95. The smallest absolute Gasteiger partial charge is 0.348 e. The molecular formula is C19H18N2O6S2. The van der Waals surface area contributed by atoms with E-state index < -0.39 is 16.0 Å². The Kier molecular flexibility index (Phi) is 5.76. The predicted octanol–water partition coefficient (Wildman–Crippen LogP) is 3.46. The number of hydrogen-bond acceptors (Lipinski definition) is 7. The summed E-state index contributed by atoms with van der Waals surface area (Å²) in [6.07, 6.45) is 0. The number of esters is 1. The largest absolute Gasteiger partial charge is 0.495 e. The van der Waals surface area contributed by atoms with E-state index in [1.165, 1.54) is 50.7 Å². The van der Waals surface area contributed by atoms with Gasteiger partial charge < -0.3 is 14.8 Å². The summed E-state index contributed by atoms with van der Waals surface area (Å²) in [6.45, 7) is 1.32. The number of anilines is 2. The number of amides is 1. The van der Waals surface area contributed by atoms with Gasteiger partial charge in [0.25, 0.3) is 10.0 Å². The van der Waals surface area contributed by atoms with Crippen LogP contribution in [0.25, 0.3) is 10.1 Å². The topological polar surface area (TPSA) is 111 Å². The molecule has 1 aromatic heterocycles. The molecule has 0 fully saturated rings. The van der Waals surface area contributed by atoms with Crippen LogP contribution < -0.4 is 14.8 Å². The van der Waals surface area contributed by atoms with E-state index in [9.17, 15) is 18.0 Å². The summed E-state index contributed by atoms with van der Waals surface area (Å²) >= 11 is 1.26. The van der Waals surface area contributed by atoms with E-state index in [0.29, 0.717) is 21.7 Å². The van der Waals surface area contributed by atoms with Crippen LogP contribution >= 0.6 is 11.3 Å². The van der Waals surface area contributed by atoms with Crippen LogP contribution in [0.3, 0.4) is 0 Å². The standard InChI is InChI=1S/C19H18N2O6S2/c1-11(22)20-15-10-14(5-6-16(15)26-2)29(24,25)21-13-4-7-17-12(8-13)9-18(28-17)19(23)27-3/h4-10,21H,1-3H3,(H,20,22). The first-order valence-electron chi connectivity index (χ1n) is 8.34. The molecule has 152 valence electrons. The zero-order valence-electron chi connectivity index (χ0n) is 15.8. The maximum Gasteiger partial charge on any atom is 0.348 e. The average molecular weight is 434 g/mol. The van der Waals surface area contributed by atoms with Gasteiger partial charge in [0.2, 0.25) is 5.91 Å². The lowest BCUT2D eigenvalue weighted by molar-refractivity contribution is -0.114. The van der Waals surface area contributed by atoms with Gasteiger partial charge >= 0.3 is 5.97 Å². The highest BCUT2D eigenvalue weighted by Gasteiger charge is 2.18. The van der Waals surface area contributed by atoms with Crippen molar-refractivity contribution in [3.8, 4) is 5.75 Å². The summed E-state index contributed by atoms with van der Waals surface area (Å²) in [4.78, 5) is 23.4. The third-order valence-corrected chi connectivity index (χ3v) is 6.42. The van der Waals surface area contributed by atoms with E-state index >= 15 is 0 Å². The number of benzene rings is 2. The Labute approximate surface area is 171 Å². The number of carbonyl (C=O) groups is 2. The molecule has 0 saturated carbocycles. The summed E-state index contributed by atoms with van der Waals surface area (Å²) < 4.78 is 38.8. The first kappa shape index (κ1) is 20.6.